The van der Waals surface area contributed by atoms with Crippen molar-refractivity contribution < 1.29 is 8.78 Å². The van der Waals surface area contributed by atoms with Gasteiger partial charge in [0.15, 0.2) is 11.6 Å². The fraction of sp³-hybridized carbons (Fsp3) is 0.0476. The van der Waals surface area contributed by atoms with E-state index >= 15 is 0 Å². The molecule has 0 amide bonds. The van der Waals surface area contributed by atoms with Crippen LogP contribution in [0, 0.1) is 29.9 Å². The number of pyridine rings is 1. The summed E-state index contributed by atoms with van der Waals surface area (Å²) >= 11 is 0. The van der Waals surface area contributed by atoms with Crippen LogP contribution in [0.5, 0.6) is 0 Å². The Morgan fingerprint density at radius 1 is 0.964 bits per heavy atom. The molecule has 0 radical (unpaired) electrons. The largest absolute Gasteiger partial charge is 0.359 e. The van der Waals surface area contributed by atoms with Gasteiger partial charge >= 0.3 is 0 Å². The first-order valence-electron chi connectivity index (χ1n) is 8.51. The summed E-state index contributed by atoms with van der Waals surface area (Å²) in [6, 6.07) is 15.3. The van der Waals surface area contributed by atoms with E-state index in [0.717, 1.165) is 23.4 Å². The van der Waals surface area contributed by atoms with Crippen molar-refractivity contribution in [3.8, 4) is 6.07 Å². The van der Waals surface area contributed by atoms with Crippen LogP contribution in [0.2, 0.25) is 0 Å². The van der Waals surface area contributed by atoms with Crippen LogP contribution in [-0.4, -0.2) is 9.97 Å². The summed E-state index contributed by atoms with van der Waals surface area (Å²) in [6.07, 6.45) is 1.61. The van der Waals surface area contributed by atoms with E-state index in [1.54, 1.807) is 18.3 Å². The number of benzene rings is 2. The Balaban J connectivity index is 1.67. The summed E-state index contributed by atoms with van der Waals surface area (Å²) in [4.78, 5) is 7.16. The van der Waals surface area contributed by atoms with Crippen LogP contribution in [0.3, 0.4) is 0 Å². The lowest BCUT2D eigenvalue weighted by Crippen LogP contribution is -1.98. The van der Waals surface area contributed by atoms with Crippen LogP contribution in [0.25, 0.3) is 10.9 Å². The van der Waals surface area contributed by atoms with Crippen LogP contribution in [-0.2, 0) is 0 Å². The Morgan fingerprint density at radius 3 is 2.46 bits per heavy atom. The maximum Gasteiger partial charge on any atom is 0.160 e. The molecule has 0 aliphatic carbocycles. The van der Waals surface area contributed by atoms with E-state index in [1.807, 2.05) is 37.3 Å². The van der Waals surface area contributed by atoms with E-state index in [2.05, 4.69) is 20.6 Å². The lowest BCUT2D eigenvalue weighted by Gasteiger charge is -2.10. The molecule has 2 heterocycles. The number of aryl methyl sites for hydroxylation is 1. The molecule has 28 heavy (non-hydrogen) atoms. The van der Waals surface area contributed by atoms with Crippen LogP contribution in [0.15, 0.2) is 54.7 Å². The van der Waals surface area contributed by atoms with Gasteiger partial charge in [0, 0.05) is 35.1 Å². The number of H-pyrrole nitrogens is 1. The number of anilines is 4. The first kappa shape index (κ1) is 17.5. The van der Waals surface area contributed by atoms with Gasteiger partial charge in [-0.2, -0.15) is 5.26 Å². The summed E-state index contributed by atoms with van der Waals surface area (Å²) < 4.78 is 27.0. The van der Waals surface area contributed by atoms with E-state index in [-0.39, 0.29) is 5.69 Å². The number of rotatable bonds is 4. The van der Waals surface area contributed by atoms with E-state index < -0.39 is 11.6 Å². The molecule has 5 nitrogen and oxygen atoms in total. The minimum atomic E-state index is -0.927. The van der Waals surface area contributed by atoms with Gasteiger partial charge in [-0.15, -0.1) is 0 Å². The molecule has 4 aromatic rings. The maximum atomic E-state index is 13.6. The summed E-state index contributed by atoms with van der Waals surface area (Å²) in [5.41, 5.74) is 3.81. The number of hydrogen-bond acceptors (Lipinski definition) is 4. The average molecular weight is 375 g/mol. The number of nitriles is 1. The van der Waals surface area contributed by atoms with Gasteiger partial charge in [-0.05, 0) is 31.2 Å². The first-order valence-corrected chi connectivity index (χ1v) is 8.51. The Hall–Kier alpha value is -3.92. The molecule has 2 aromatic carbocycles. The molecule has 0 bridgehead atoms. The molecular formula is C21H15F2N5. The number of hydrogen-bond donors (Lipinski definition) is 3. The molecule has 7 heteroatoms. The Labute approximate surface area is 159 Å². The van der Waals surface area contributed by atoms with Crippen molar-refractivity contribution in [2.75, 3.05) is 10.6 Å². The van der Waals surface area contributed by atoms with Gasteiger partial charge in [-0.3, -0.25) is 0 Å². The predicted octanol–water partition coefficient (Wildman–Crippen LogP) is 5.51. The summed E-state index contributed by atoms with van der Waals surface area (Å²) in [7, 11) is 0. The van der Waals surface area contributed by atoms with Crippen molar-refractivity contribution in [2.45, 2.75) is 6.92 Å². The lowest BCUT2D eigenvalue weighted by atomic mass is 10.2. The van der Waals surface area contributed by atoms with Crippen molar-refractivity contribution in [3.05, 3.63) is 77.6 Å². The highest BCUT2D eigenvalue weighted by molar-refractivity contribution is 5.94. The fourth-order valence-corrected chi connectivity index (χ4v) is 2.88. The Bertz CT molecular complexity index is 1210. The van der Waals surface area contributed by atoms with Crippen molar-refractivity contribution in [1.29, 1.82) is 5.26 Å². The molecule has 0 aliphatic heterocycles. The Morgan fingerprint density at radius 2 is 1.71 bits per heavy atom. The Kier molecular flexibility index (Phi) is 4.38. The molecule has 3 N–H and O–H groups in total. The molecule has 138 valence electrons. The van der Waals surface area contributed by atoms with Crippen molar-refractivity contribution in [3.63, 3.8) is 0 Å². The summed E-state index contributed by atoms with van der Waals surface area (Å²) in [6.45, 7) is 2.00. The number of nitrogens with zero attached hydrogens (tertiary/aromatic N) is 2. The van der Waals surface area contributed by atoms with Crippen molar-refractivity contribution in [2.24, 2.45) is 0 Å². The van der Waals surface area contributed by atoms with Gasteiger partial charge in [0.05, 0.1) is 11.2 Å². The van der Waals surface area contributed by atoms with E-state index in [9.17, 15) is 14.0 Å². The second kappa shape index (κ2) is 7.00. The highest BCUT2D eigenvalue weighted by atomic mass is 19.2. The number of fused-ring (bicyclic) bond motifs is 1. The van der Waals surface area contributed by atoms with E-state index in [1.165, 1.54) is 0 Å². The minimum absolute atomic E-state index is 0.219. The standard InChI is InChI=1S/C21H15F2N5/c1-12-2-4-13(5-3-12)27-21-7-14(6-15(10-24)28-21)26-20-11-25-19-9-18(23)17(22)8-16(19)20/h2-9,11,25H,1H3,(H2,26,27,28). The second-order valence-corrected chi connectivity index (χ2v) is 6.37. The molecule has 0 fully saturated rings. The van der Waals surface area contributed by atoms with Crippen molar-refractivity contribution >= 4 is 33.8 Å². The molecule has 0 atom stereocenters. The average Bonchev–Trinajstić information content (AvgIpc) is 3.05. The normalized spacial score (nSPS) is 10.6. The molecule has 0 aliphatic rings. The highest BCUT2D eigenvalue weighted by Gasteiger charge is 2.11. The van der Waals surface area contributed by atoms with Gasteiger partial charge in [0.1, 0.15) is 17.6 Å². The van der Waals surface area contributed by atoms with Crippen molar-refractivity contribution in [1.82, 2.24) is 9.97 Å². The number of halogens is 2. The van der Waals surface area contributed by atoms with E-state index in [0.29, 0.717) is 28.1 Å². The van der Waals surface area contributed by atoms with Gasteiger partial charge in [-0.1, -0.05) is 17.7 Å². The van der Waals surface area contributed by atoms with Gasteiger partial charge in [-0.25, -0.2) is 13.8 Å². The number of aromatic amines is 1. The van der Waals surface area contributed by atoms with Gasteiger partial charge in [0.25, 0.3) is 0 Å². The number of aromatic nitrogens is 2. The predicted molar refractivity (Wildman–Crippen MR) is 105 cm³/mol. The third-order valence-electron chi connectivity index (χ3n) is 4.27. The smallest absolute Gasteiger partial charge is 0.160 e. The zero-order chi connectivity index (χ0) is 19.7. The summed E-state index contributed by atoms with van der Waals surface area (Å²) in [5.74, 6) is -1.35. The summed E-state index contributed by atoms with van der Waals surface area (Å²) in [5, 5.41) is 16.1. The quantitative estimate of drug-likeness (QED) is 0.440. The zero-order valence-electron chi connectivity index (χ0n) is 14.8. The monoisotopic (exact) mass is 375 g/mol. The molecular weight excluding hydrogens is 360 g/mol. The minimum Gasteiger partial charge on any atom is -0.359 e. The molecule has 0 saturated heterocycles. The molecule has 0 unspecified atom stereocenters. The zero-order valence-corrected chi connectivity index (χ0v) is 14.8. The van der Waals surface area contributed by atoms with Crippen LogP contribution >= 0.6 is 0 Å². The highest BCUT2D eigenvalue weighted by Crippen LogP contribution is 2.29. The van der Waals surface area contributed by atoms with Crippen LogP contribution in [0.4, 0.5) is 31.7 Å². The molecule has 0 spiro atoms. The number of nitrogens with one attached hydrogen (secondary N) is 3. The second-order valence-electron chi connectivity index (χ2n) is 6.37. The third kappa shape index (κ3) is 3.48. The van der Waals surface area contributed by atoms with Crippen LogP contribution < -0.4 is 10.6 Å². The molecule has 2 aromatic heterocycles. The van der Waals surface area contributed by atoms with Gasteiger partial charge < -0.3 is 15.6 Å². The fourth-order valence-electron chi connectivity index (χ4n) is 2.88. The molecule has 0 saturated carbocycles. The lowest BCUT2D eigenvalue weighted by molar-refractivity contribution is 0.511. The third-order valence-corrected chi connectivity index (χ3v) is 4.27. The maximum absolute atomic E-state index is 13.6. The SMILES string of the molecule is Cc1ccc(Nc2cc(Nc3c[nH]c4cc(F)c(F)cc34)cc(C#N)n2)cc1. The molecule has 4 rings (SSSR count). The van der Waals surface area contributed by atoms with E-state index in [4.69, 9.17) is 0 Å². The first-order chi connectivity index (χ1) is 13.5. The topological polar surface area (TPSA) is 76.5 Å². The van der Waals surface area contributed by atoms with Gasteiger partial charge in [0.2, 0.25) is 0 Å². The van der Waals surface area contributed by atoms with Crippen LogP contribution in [0.1, 0.15) is 11.3 Å².